The van der Waals surface area contributed by atoms with E-state index in [4.69, 9.17) is 0 Å². The maximum atomic E-state index is 2.44. The van der Waals surface area contributed by atoms with Gasteiger partial charge in [-0.3, -0.25) is 0 Å². The van der Waals surface area contributed by atoms with Crippen LogP contribution < -0.4 is 0 Å². The average Bonchev–Trinajstić information content (AvgIpc) is 3.79. The Morgan fingerprint density at radius 3 is 1.00 bits per heavy atom. The molecule has 1 nitrogen and oxygen atoms in total. The standard InChI is InChI=1S/C72H45N/c1-4-12-61-50(9-1)25-27-58-41-53(31-37-64(58)61)46-17-21-48(22-18-46)55-33-39-71-69(43-55)70-44-56(49-23-19-47(20-24-49)54-32-38-65-59(42-54)28-26-51-10-2-5-13-62(51)65)34-40-72(70)73(71)60-35-29-52(30-36-60)68-45-57-11-3-6-14-63(57)66-15-7-8-16-67(66)68/h1-45H. The minimum atomic E-state index is 1.13. The van der Waals surface area contributed by atoms with Crippen LogP contribution in [0.5, 0.6) is 0 Å². The van der Waals surface area contributed by atoms with Gasteiger partial charge in [-0.25, -0.2) is 0 Å². The molecule has 0 aliphatic rings. The van der Waals surface area contributed by atoms with Gasteiger partial charge in [0.2, 0.25) is 0 Å². The predicted molar refractivity (Wildman–Crippen MR) is 313 cm³/mol. The molecule has 0 N–H and O–H groups in total. The van der Waals surface area contributed by atoms with Crippen LogP contribution in [-0.2, 0) is 0 Å². The van der Waals surface area contributed by atoms with Gasteiger partial charge in [0, 0.05) is 16.5 Å². The minimum absolute atomic E-state index is 1.13. The summed E-state index contributed by atoms with van der Waals surface area (Å²) in [5.74, 6) is 0. The lowest BCUT2D eigenvalue weighted by Crippen LogP contribution is -1.94. The van der Waals surface area contributed by atoms with Crippen LogP contribution in [0.3, 0.4) is 0 Å². The van der Waals surface area contributed by atoms with Gasteiger partial charge >= 0.3 is 0 Å². The van der Waals surface area contributed by atoms with Crippen LogP contribution in [-0.4, -0.2) is 4.57 Å². The lowest BCUT2D eigenvalue weighted by atomic mass is 9.93. The van der Waals surface area contributed by atoms with Crippen molar-refractivity contribution < 1.29 is 0 Å². The second kappa shape index (κ2) is 16.5. The highest BCUT2D eigenvalue weighted by atomic mass is 15.0. The molecule has 1 aromatic heterocycles. The molecule has 0 bridgehead atoms. The van der Waals surface area contributed by atoms with E-state index < -0.39 is 0 Å². The molecule has 0 fully saturated rings. The fraction of sp³-hybridized carbons (Fsp3) is 0. The first-order valence-electron chi connectivity index (χ1n) is 25.3. The normalized spacial score (nSPS) is 11.8. The summed E-state index contributed by atoms with van der Waals surface area (Å²) in [6.45, 7) is 0. The Hall–Kier alpha value is -9.56. The maximum absolute atomic E-state index is 2.44. The highest BCUT2D eigenvalue weighted by molar-refractivity contribution is 6.15. The van der Waals surface area contributed by atoms with E-state index in [0.29, 0.717) is 0 Å². The van der Waals surface area contributed by atoms with Crippen molar-refractivity contribution >= 4 is 86.4 Å². The highest BCUT2D eigenvalue weighted by Crippen LogP contribution is 2.41. The topological polar surface area (TPSA) is 4.93 Å². The molecule has 0 atom stereocenters. The first-order valence-corrected chi connectivity index (χ1v) is 25.3. The van der Waals surface area contributed by atoms with Crippen LogP contribution in [0.15, 0.2) is 273 Å². The SMILES string of the molecule is c1ccc2c(c1)ccc1cc(-c3ccc(-c4ccc5c(c4)c4cc(-c6ccc(-c7ccc8c(ccc9ccccc98)c7)cc6)ccc4n5-c4ccc(-c5cc6ccccc6c6ccccc56)cc4)cc3)ccc12. The van der Waals surface area contributed by atoms with Gasteiger partial charge in [-0.15, -0.1) is 0 Å². The molecular weight excluding hydrogens is 879 g/mol. The number of hydrogen-bond acceptors (Lipinski definition) is 0. The average molecular weight is 924 g/mol. The predicted octanol–water partition coefficient (Wildman–Crippen LogP) is 20.0. The third-order valence-electron chi connectivity index (χ3n) is 15.6. The molecule has 0 saturated carbocycles. The molecule has 0 aliphatic heterocycles. The van der Waals surface area contributed by atoms with Crippen molar-refractivity contribution in [3.05, 3.63) is 273 Å². The second-order valence-corrected chi connectivity index (χ2v) is 19.6. The molecule has 1 heterocycles. The van der Waals surface area contributed by atoms with Crippen LogP contribution in [0.2, 0.25) is 0 Å². The fourth-order valence-electron chi connectivity index (χ4n) is 11.8. The minimum Gasteiger partial charge on any atom is -0.309 e. The zero-order valence-electron chi connectivity index (χ0n) is 39.9. The van der Waals surface area contributed by atoms with Gasteiger partial charge < -0.3 is 4.57 Å². The highest BCUT2D eigenvalue weighted by Gasteiger charge is 2.17. The van der Waals surface area contributed by atoms with Crippen molar-refractivity contribution in [2.24, 2.45) is 0 Å². The van der Waals surface area contributed by atoms with Crippen LogP contribution in [0.25, 0.3) is 148 Å². The molecule has 15 rings (SSSR count). The summed E-state index contributed by atoms with van der Waals surface area (Å²) in [7, 11) is 0. The van der Waals surface area contributed by atoms with Gasteiger partial charge in [-0.1, -0.05) is 218 Å². The van der Waals surface area contributed by atoms with Crippen molar-refractivity contribution in [1.29, 1.82) is 0 Å². The second-order valence-electron chi connectivity index (χ2n) is 19.6. The lowest BCUT2D eigenvalue weighted by Gasteiger charge is -2.13. The molecular formula is C72H45N. The van der Waals surface area contributed by atoms with E-state index in [2.05, 4.69) is 278 Å². The quantitative estimate of drug-likeness (QED) is 0.146. The van der Waals surface area contributed by atoms with Crippen molar-refractivity contribution in [2.75, 3.05) is 0 Å². The summed E-state index contributed by atoms with van der Waals surface area (Å²) in [5.41, 5.74) is 15.6. The number of aromatic nitrogens is 1. The zero-order chi connectivity index (χ0) is 48.0. The summed E-state index contributed by atoms with van der Waals surface area (Å²) in [6, 6.07) is 101. The molecule has 73 heavy (non-hydrogen) atoms. The summed E-state index contributed by atoms with van der Waals surface area (Å²) < 4.78 is 2.44. The van der Waals surface area contributed by atoms with Crippen molar-refractivity contribution in [3.63, 3.8) is 0 Å². The van der Waals surface area contributed by atoms with E-state index in [1.54, 1.807) is 0 Å². The zero-order valence-corrected chi connectivity index (χ0v) is 39.9. The van der Waals surface area contributed by atoms with Gasteiger partial charge in [-0.05, 0) is 175 Å². The van der Waals surface area contributed by atoms with E-state index in [1.807, 2.05) is 0 Å². The molecule has 0 amide bonds. The van der Waals surface area contributed by atoms with Crippen LogP contribution >= 0.6 is 0 Å². The number of hydrogen-bond donors (Lipinski definition) is 0. The molecule has 1 heteroatoms. The summed E-state index contributed by atoms with van der Waals surface area (Å²) >= 11 is 0. The number of nitrogens with zero attached hydrogens (tertiary/aromatic N) is 1. The number of benzene rings is 14. The molecule has 0 spiro atoms. The maximum Gasteiger partial charge on any atom is 0.0541 e. The van der Waals surface area contributed by atoms with Gasteiger partial charge in [0.15, 0.2) is 0 Å². The van der Waals surface area contributed by atoms with E-state index in [1.165, 1.54) is 142 Å². The van der Waals surface area contributed by atoms with Gasteiger partial charge in [0.05, 0.1) is 11.0 Å². The first kappa shape index (κ1) is 41.2. The Labute approximate surface area is 423 Å². The summed E-state index contributed by atoms with van der Waals surface area (Å²) in [5, 5.41) is 17.8. The van der Waals surface area contributed by atoms with Gasteiger partial charge in [0.1, 0.15) is 0 Å². The number of fused-ring (bicyclic) bond motifs is 12. The Morgan fingerprint density at radius 2 is 0.507 bits per heavy atom. The Bertz CT molecular complexity index is 4470. The van der Waals surface area contributed by atoms with Gasteiger partial charge in [-0.2, -0.15) is 0 Å². The van der Waals surface area contributed by atoms with E-state index in [0.717, 1.165) is 5.69 Å². The lowest BCUT2D eigenvalue weighted by molar-refractivity contribution is 1.18. The summed E-state index contributed by atoms with van der Waals surface area (Å²) in [4.78, 5) is 0. The largest absolute Gasteiger partial charge is 0.309 e. The number of rotatable bonds is 6. The molecule has 0 unspecified atom stereocenters. The molecule has 338 valence electrons. The molecule has 0 saturated heterocycles. The van der Waals surface area contributed by atoms with Crippen LogP contribution in [0.4, 0.5) is 0 Å². The molecule has 15 aromatic rings. The molecule has 0 radical (unpaired) electrons. The van der Waals surface area contributed by atoms with E-state index in [9.17, 15) is 0 Å². The monoisotopic (exact) mass is 923 g/mol. The van der Waals surface area contributed by atoms with E-state index in [-0.39, 0.29) is 0 Å². The van der Waals surface area contributed by atoms with E-state index >= 15 is 0 Å². The Balaban J connectivity index is 0.821. The van der Waals surface area contributed by atoms with Crippen LogP contribution in [0.1, 0.15) is 0 Å². The summed E-state index contributed by atoms with van der Waals surface area (Å²) in [6.07, 6.45) is 0. The van der Waals surface area contributed by atoms with Crippen molar-refractivity contribution in [2.45, 2.75) is 0 Å². The van der Waals surface area contributed by atoms with Crippen LogP contribution in [0, 0.1) is 0 Å². The van der Waals surface area contributed by atoms with Crippen molar-refractivity contribution in [1.82, 2.24) is 4.57 Å². The smallest absolute Gasteiger partial charge is 0.0541 e. The Morgan fingerprint density at radius 1 is 0.178 bits per heavy atom. The van der Waals surface area contributed by atoms with Crippen molar-refractivity contribution in [3.8, 4) is 61.3 Å². The van der Waals surface area contributed by atoms with Gasteiger partial charge in [0.25, 0.3) is 0 Å². The third kappa shape index (κ3) is 6.85. The Kier molecular flexibility index (Phi) is 9.33. The fourth-order valence-corrected chi connectivity index (χ4v) is 11.8. The molecule has 14 aromatic carbocycles. The molecule has 0 aliphatic carbocycles. The third-order valence-corrected chi connectivity index (χ3v) is 15.6. The first-order chi connectivity index (χ1) is 36.1.